The van der Waals surface area contributed by atoms with E-state index >= 15 is 0 Å². The van der Waals surface area contributed by atoms with Crippen LogP contribution < -0.4 is 10.2 Å². The highest BCUT2D eigenvalue weighted by molar-refractivity contribution is 5.78. The maximum atomic E-state index is 11.7. The molecule has 1 N–H and O–H groups in total. The Hall–Kier alpha value is -1.66. The summed E-state index contributed by atoms with van der Waals surface area (Å²) >= 11 is 0. The average Bonchev–Trinajstić information content (AvgIpc) is 2.49. The van der Waals surface area contributed by atoms with Gasteiger partial charge >= 0.3 is 0 Å². The molecular formula is C14H22N4O2. The monoisotopic (exact) mass is 278 g/mol. The second kappa shape index (κ2) is 7.81. The molecule has 0 bridgehead atoms. The van der Waals surface area contributed by atoms with Crippen LogP contribution in [0.2, 0.25) is 0 Å². The van der Waals surface area contributed by atoms with E-state index in [1.807, 2.05) is 24.4 Å². The van der Waals surface area contributed by atoms with Gasteiger partial charge in [0.1, 0.15) is 5.82 Å². The predicted molar refractivity (Wildman–Crippen MR) is 77.8 cm³/mol. The molecule has 1 amide bonds. The largest absolute Gasteiger partial charge is 0.383 e. The SMILES string of the molecule is COCCNC(=O)CN1CCN(c2ccccn2)CC1. The van der Waals surface area contributed by atoms with Crippen molar-refractivity contribution in [3.8, 4) is 0 Å². The minimum Gasteiger partial charge on any atom is -0.383 e. The molecule has 1 aliphatic heterocycles. The van der Waals surface area contributed by atoms with Crippen molar-refractivity contribution in [1.29, 1.82) is 0 Å². The third-order valence-electron chi connectivity index (χ3n) is 3.34. The first-order valence-electron chi connectivity index (χ1n) is 6.93. The van der Waals surface area contributed by atoms with Gasteiger partial charge in [0.15, 0.2) is 0 Å². The Labute approximate surface area is 119 Å². The van der Waals surface area contributed by atoms with Gasteiger partial charge in [-0.25, -0.2) is 4.98 Å². The Morgan fingerprint density at radius 1 is 1.35 bits per heavy atom. The standard InChI is InChI=1S/C14H22N4O2/c1-20-11-6-16-14(19)12-17-7-9-18(10-8-17)13-4-2-3-5-15-13/h2-5H,6-12H2,1H3,(H,16,19). The lowest BCUT2D eigenvalue weighted by Gasteiger charge is -2.34. The zero-order valence-electron chi connectivity index (χ0n) is 11.9. The van der Waals surface area contributed by atoms with Crippen LogP contribution >= 0.6 is 0 Å². The van der Waals surface area contributed by atoms with Gasteiger partial charge in [-0.05, 0) is 12.1 Å². The second-order valence-corrected chi connectivity index (χ2v) is 4.79. The zero-order chi connectivity index (χ0) is 14.2. The number of piperazine rings is 1. The number of ether oxygens (including phenoxy) is 1. The molecule has 0 atom stereocenters. The number of pyridine rings is 1. The first-order chi connectivity index (χ1) is 9.79. The minimum absolute atomic E-state index is 0.0633. The predicted octanol–water partition coefficient (Wildman–Crippen LogP) is -0.0338. The Kier molecular flexibility index (Phi) is 5.76. The van der Waals surface area contributed by atoms with E-state index in [1.165, 1.54) is 0 Å². The lowest BCUT2D eigenvalue weighted by molar-refractivity contribution is -0.122. The number of nitrogens with zero attached hydrogens (tertiary/aromatic N) is 3. The van der Waals surface area contributed by atoms with Crippen molar-refractivity contribution in [2.75, 3.05) is 57.9 Å². The van der Waals surface area contributed by atoms with E-state index in [9.17, 15) is 4.79 Å². The summed E-state index contributed by atoms with van der Waals surface area (Å²) in [6.07, 6.45) is 1.81. The molecule has 6 heteroatoms. The Bertz CT molecular complexity index is 405. The van der Waals surface area contributed by atoms with Gasteiger partial charge in [0, 0.05) is 46.0 Å². The van der Waals surface area contributed by atoms with Crippen LogP contribution in [0.15, 0.2) is 24.4 Å². The van der Waals surface area contributed by atoms with Crippen molar-refractivity contribution in [2.45, 2.75) is 0 Å². The van der Waals surface area contributed by atoms with E-state index in [0.29, 0.717) is 19.7 Å². The van der Waals surface area contributed by atoms with Crippen LogP contribution in [0.4, 0.5) is 5.82 Å². The van der Waals surface area contributed by atoms with Gasteiger partial charge in [0.25, 0.3) is 0 Å². The Morgan fingerprint density at radius 3 is 2.80 bits per heavy atom. The number of methoxy groups -OCH3 is 1. The number of carbonyl (C=O) groups is 1. The lowest BCUT2D eigenvalue weighted by atomic mass is 10.3. The van der Waals surface area contributed by atoms with Gasteiger partial charge in [-0.2, -0.15) is 0 Å². The van der Waals surface area contributed by atoms with Crippen molar-refractivity contribution in [3.63, 3.8) is 0 Å². The van der Waals surface area contributed by atoms with Crippen LogP contribution in [0.5, 0.6) is 0 Å². The highest BCUT2D eigenvalue weighted by Gasteiger charge is 2.19. The van der Waals surface area contributed by atoms with Crippen molar-refractivity contribution >= 4 is 11.7 Å². The number of anilines is 1. The summed E-state index contributed by atoms with van der Waals surface area (Å²) in [7, 11) is 1.63. The fourth-order valence-electron chi connectivity index (χ4n) is 2.23. The molecule has 1 aliphatic rings. The summed E-state index contributed by atoms with van der Waals surface area (Å²) in [4.78, 5) is 20.5. The van der Waals surface area contributed by atoms with Crippen LogP contribution in [-0.4, -0.2) is 68.8 Å². The molecule has 0 aromatic carbocycles. The molecule has 2 rings (SSSR count). The van der Waals surface area contributed by atoms with Gasteiger partial charge in [0.2, 0.25) is 5.91 Å². The lowest BCUT2D eigenvalue weighted by Crippen LogP contribution is -2.49. The Balaban J connectivity index is 1.70. The molecule has 110 valence electrons. The molecule has 1 aromatic rings. The molecule has 0 saturated carbocycles. The maximum absolute atomic E-state index is 11.7. The molecule has 0 radical (unpaired) electrons. The summed E-state index contributed by atoms with van der Waals surface area (Å²) in [5, 5.41) is 2.84. The number of hydrogen-bond donors (Lipinski definition) is 1. The molecule has 1 fully saturated rings. The van der Waals surface area contributed by atoms with Crippen LogP contribution in [0.3, 0.4) is 0 Å². The molecule has 0 spiro atoms. The number of hydrogen-bond acceptors (Lipinski definition) is 5. The van der Waals surface area contributed by atoms with E-state index < -0.39 is 0 Å². The van der Waals surface area contributed by atoms with Crippen LogP contribution in [0, 0.1) is 0 Å². The van der Waals surface area contributed by atoms with Crippen molar-refractivity contribution < 1.29 is 9.53 Å². The van der Waals surface area contributed by atoms with Crippen LogP contribution in [0.1, 0.15) is 0 Å². The summed E-state index contributed by atoms with van der Waals surface area (Å²) < 4.78 is 4.90. The van der Waals surface area contributed by atoms with Gasteiger partial charge in [-0.15, -0.1) is 0 Å². The van der Waals surface area contributed by atoms with Gasteiger partial charge in [0.05, 0.1) is 13.2 Å². The number of nitrogens with one attached hydrogen (secondary N) is 1. The first kappa shape index (κ1) is 14.7. The maximum Gasteiger partial charge on any atom is 0.234 e. The highest BCUT2D eigenvalue weighted by atomic mass is 16.5. The van der Waals surface area contributed by atoms with E-state index in [2.05, 4.69) is 20.1 Å². The topological polar surface area (TPSA) is 57.7 Å². The van der Waals surface area contributed by atoms with Gasteiger partial charge < -0.3 is 15.0 Å². The quantitative estimate of drug-likeness (QED) is 0.740. The molecule has 0 aliphatic carbocycles. The summed E-state index contributed by atoms with van der Waals surface area (Å²) in [5.41, 5.74) is 0. The highest BCUT2D eigenvalue weighted by Crippen LogP contribution is 2.11. The van der Waals surface area contributed by atoms with E-state index in [-0.39, 0.29) is 5.91 Å². The van der Waals surface area contributed by atoms with Crippen LogP contribution in [-0.2, 0) is 9.53 Å². The van der Waals surface area contributed by atoms with E-state index in [1.54, 1.807) is 7.11 Å². The summed E-state index contributed by atoms with van der Waals surface area (Å²) in [6, 6.07) is 5.94. The fourth-order valence-corrected chi connectivity index (χ4v) is 2.23. The third-order valence-corrected chi connectivity index (χ3v) is 3.34. The number of aromatic nitrogens is 1. The number of rotatable bonds is 6. The Morgan fingerprint density at radius 2 is 2.15 bits per heavy atom. The number of carbonyl (C=O) groups excluding carboxylic acids is 1. The van der Waals surface area contributed by atoms with Crippen molar-refractivity contribution in [3.05, 3.63) is 24.4 Å². The minimum atomic E-state index is 0.0633. The fraction of sp³-hybridized carbons (Fsp3) is 0.571. The number of amides is 1. The molecule has 6 nitrogen and oxygen atoms in total. The van der Waals surface area contributed by atoms with Gasteiger partial charge in [-0.3, -0.25) is 9.69 Å². The molecule has 1 saturated heterocycles. The van der Waals surface area contributed by atoms with Gasteiger partial charge in [-0.1, -0.05) is 6.07 Å². The van der Waals surface area contributed by atoms with Crippen molar-refractivity contribution in [2.24, 2.45) is 0 Å². The molecule has 20 heavy (non-hydrogen) atoms. The molecular weight excluding hydrogens is 256 g/mol. The van der Waals surface area contributed by atoms with E-state index in [0.717, 1.165) is 32.0 Å². The third kappa shape index (κ3) is 4.47. The summed E-state index contributed by atoms with van der Waals surface area (Å²) in [5.74, 6) is 1.07. The summed E-state index contributed by atoms with van der Waals surface area (Å²) in [6.45, 7) is 5.16. The van der Waals surface area contributed by atoms with E-state index in [4.69, 9.17) is 4.74 Å². The van der Waals surface area contributed by atoms with Crippen LogP contribution in [0.25, 0.3) is 0 Å². The molecule has 0 unspecified atom stereocenters. The second-order valence-electron chi connectivity index (χ2n) is 4.79. The normalized spacial score (nSPS) is 16.1. The van der Waals surface area contributed by atoms with Crippen molar-refractivity contribution in [1.82, 2.24) is 15.2 Å². The smallest absolute Gasteiger partial charge is 0.234 e. The zero-order valence-corrected chi connectivity index (χ0v) is 11.9. The average molecular weight is 278 g/mol. The first-order valence-corrected chi connectivity index (χ1v) is 6.93. The molecule has 2 heterocycles. The molecule has 1 aromatic heterocycles.